The van der Waals surface area contributed by atoms with E-state index in [9.17, 15) is 14.5 Å². The normalized spacial score (nSPS) is 28.7. The number of aliphatic hydroxyl groups excluding tert-OH is 1. The van der Waals surface area contributed by atoms with Crippen LogP contribution in [0.4, 0.5) is 16.2 Å². The predicted molar refractivity (Wildman–Crippen MR) is 136 cm³/mol. The number of hydrogen-bond acceptors (Lipinski definition) is 12. The minimum Gasteiger partial charge on any atom is -0.461 e. The van der Waals surface area contributed by atoms with Gasteiger partial charge in [0.25, 0.3) is 0 Å². The smallest absolute Gasteiger partial charge is 0.379 e. The van der Waals surface area contributed by atoms with Crippen molar-refractivity contribution in [1.82, 2.24) is 19.5 Å². The first kappa shape index (κ1) is 26.8. The Morgan fingerprint density at radius 1 is 1.42 bits per heavy atom. The molecule has 0 aromatic carbocycles. The highest BCUT2D eigenvalue weighted by Gasteiger charge is 2.57. The van der Waals surface area contributed by atoms with Crippen LogP contribution in [0.5, 0.6) is 5.75 Å². The number of carbonyl (C=O) groups excluding carboxylic acids is 1. The number of pyridine rings is 1. The first-order valence-corrected chi connectivity index (χ1v) is 14.1. The molecule has 0 amide bonds. The van der Waals surface area contributed by atoms with E-state index in [1.54, 1.807) is 19.2 Å². The Hall–Kier alpha value is -2.84. The third-order valence-electron chi connectivity index (χ3n) is 6.39. The summed E-state index contributed by atoms with van der Waals surface area (Å²) < 4.78 is 50.3. The molecule has 5 rings (SSSR count). The first-order valence-electron chi connectivity index (χ1n) is 11.5. The van der Waals surface area contributed by atoms with Gasteiger partial charge in [-0.05, 0) is 35.3 Å². The van der Waals surface area contributed by atoms with Gasteiger partial charge in [-0.3, -0.25) is 14.3 Å². The fraction of sp³-hybridized carbons (Fsp3) is 0.455. The molecule has 204 valence electrons. The van der Waals surface area contributed by atoms with Crippen molar-refractivity contribution in [3.63, 3.8) is 0 Å². The van der Waals surface area contributed by atoms with Crippen LogP contribution in [0.25, 0.3) is 11.0 Å². The molecule has 5 N–H and O–H groups in total. The second-order valence-corrected chi connectivity index (χ2v) is 12.3. The van der Waals surface area contributed by atoms with Crippen LogP contribution >= 0.6 is 23.5 Å². The minimum atomic E-state index is -3.72. The van der Waals surface area contributed by atoms with Crippen LogP contribution in [0.3, 0.4) is 0 Å². The van der Waals surface area contributed by atoms with Gasteiger partial charge in [-0.15, -0.1) is 0 Å². The molecule has 3 aromatic rings. The second kappa shape index (κ2) is 9.72. The van der Waals surface area contributed by atoms with Gasteiger partial charge in [-0.1, -0.05) is 0 Å². The van der Waals surface area contributed by atoms with Gasteiger partial charge in [-0.25, -0.2) is 8.96 Å². The van der Waals surface area contributed by atoms with E-state index in [1.807, 2.05) is 0 Å². The summed E-state index contributed by atoms with van der Waals surface area (Å²) in [6, 6.07) is 1.57. The minimum absolute atomic E-state index is 0.00306. The molecule has 38 heavy (non-hydrogen) atoms. The van der Waals surface area contributed by atoms with Crippen LogP contribution in [0, 0.1) is 6.92 Å². The molecule has 0 saturated carbocycles. The van der Waals surface area contributed by atoms with E-state index in [-0.39, 0.29) is 35.9 Å². The highest BCUT2D eigenvalue weighted by Crippen LogP contribution is 2.55. The van der Waals surface area contributed by atoms with Crippen molar-refractivity contribution in [2.45, 2.75) is 49.9 Å². The molecule has 1 fully saturated rings. The number of hydrogen-bond donors (Lipinski definition) is 3. The van der Waals surface area contributed by atoms with Gasteiger partial charge >= 0.3 is 13.6 Å². The molecule has 0 radical (unpaired) electrons. The molecule has 2 aliphatic rings. The Morgan fingerprint density at radius 3 is 2.92 bits per heavy atom. The SMILES string of the molecule is CC(=O)OCc1cnc(C)c2c1CCP(=O)(OC[C@H]1O[C@@H](n3ccc4c(N)nc(N)nc43)C(F)(Br)[C@H]1O)O2. The van der Waals surface area contributed by atoms with E-state index >= 15 is 4.39 Å². The zero-order valence-corrected chi connectivity index (χ0v) is 22.8. The number of anilines is 2. The zero-order valence-electron chi connectivity index (χ0n) is 20.3. The van der Waals surface area contributed by atoms with Gasteiger partial charge in [-0.2, -0.15) is 9.97 Å². The largest absolute Gasteiger partial charge is 0.461 e. The second-order valence-electron chi connectivity index (χ2n) is 9.00. The number of nitrogens with zero attached hydrogens (tertiary/aromatic N) is 4. The van der Waals surface area contributed by atoms with Crippen LogP contribution in [0.1, 0.15) is 30.0 Å². The number of aromatic nitrogens is 4. The third-order valence-corrected chi connectivity index (χ3v) is 9.02. The number of carbonyl (C=O) groups is 1. The quantitative estimate of drug-likeness (QED) is 0.209. The molecule has 0 spiro atoms. The van der Waals surface area contributed by atoms with Crippen molar-refractivity contribution in [3.8, 4) is 5.75 Å². The average Bonchev–Trinajstić information content (AvgIpc) is 3.36. The van der Waals surface area contributed by atoms with Crippen LogP contribution in [0.15, 0.2) is 18.5 Å². The van der Waals surface area contributed by atoms with Crippen molar-refractivity contribution in [1.29, 1.82) is 0 Å². The maximum absolute atomic E-state index is 15.7. The van der Waals surface area contributed by atoms with Gasteiger partial charge in [0.05, 0.1) is 23.8 Å². The van der Waals surface area contributed by atoms with Crippen LogP contribution in [-0.2, 0) is 36.4 Å². The number of aryl methyl sites for hydroxylation is 1. The summed E-state index contributed by atoms with van der Waals surface area (Å²) in [5.41, 5.74) is 13.6. The lowest BCUT2D eigenvalue weighted by atomic mass is 10.1. The monoisotopic (exact) mass is 614 g/mol. The van der Waals surface area contributed by atoms with Crippen molar-refractivity contribution in [3.05, 3.63) is 35.3 Å². The van der Waals surface area contributed by atoms with Gasteiger partial charge in [0.2, 0.25) is 10.5 Å². The summed E-state index contributed by atoms with van der Waals surface area (Å²) in [5, 5.41) is 11.1. The summed E-state index contributed by atoms with van der Waals surface area (Å²) in [6.45, 7) is 2.56. The number of aliphatic hydroxyl groups is 1. The summed E-state index contributed by atoms with van der Waals surface area (Å²) in [4.78, 5) is 23.5. The molecule has 5 atom stereocenters. The number of esters is 1. The topological polar surface area (TPSA) is 187 Å². The van der Waals surface area contributed by atoms with Crippen molar-refractivity contribution >= 4 is 52.3 Å². The standard InChI is InChI=1S/C22H25BrFN6O7P/c1-10-16-13(12(7-27-10)8-34-11(2)31)4-6-38(33,37-16)35-9-15-17(32)22(23,24)20(36-15)30-5-3-14-18(25)28-21(26)29-19(14)30/h3,5,7,15,17,20,32H,4,6,8-9H2,1-2H3,(H4,25,26,28,29)/t15-,17+,20-,22?,38?/m1/s1. The summed E-state index contributed by atoms with van der Waals surface area (Å²) in [7, 11) is -3.72. The number of nitrogen functional groups attached to an aromatic ring is 2. The maximum Gasteiger partial charge on any atom is 0.379 e. The van der Waals surface area contributed by atoms with Crippen molar-refractivity contribution in [2.24, 2.45) is 0 Å². The summed E-state index contributed by atoms with van der Waals surface area (Å²) >= 11 is 2.93. The van der Waals surface area contributed by atoms with E-state index in [0.29, 0.717) is 28.6 Å². The Balaban J connectivity index is 1.33. The molecule has 5 heterocycles. The maximum atomic E-state index is 15.7. The van der Waals surface area contributed by atoms with E-state index in [2.05, 4.69) is 30.9 Å². The van der Waals surface area contributed by atoms with Crippen LogP contribution in [0.2, 0.25) is 0 Å². The van der Waals surface area contributed by atoms with E-state index in [0.717, 1.165) is 0 Å². The molecule has 2 unspecified atom stereocenters. The molecule has 13 nitrogen and oxygen atoms in total. The molecular weight excluding hydrogens is 590 g/mol. The highest BCUT2D eigenvalue weighted by atomic mass is 79.9. The summed E-state index contributed by atoms with van der Waals surface area (Å²) in [5.74, 6) is -0.163. The Labute approximate surface area is 224 Å². The number of rotatable bonds is 6. The number of halogens is 2. The molecule has 3 aromatic heterocycles. The van der Waals surface area contributed by atoms with Gasteiger partial charge in [0.15, 0.2) is 12.0 Å². The summed E-state index contributed by atoms with van der Waals surface area (Å²) in [6.07, 6.45) is -0.928. The fourth-order valence-electron chi connectivity index (χ4n) is 4.46. The average molecular weight is 615 g/mol. The lowest BCUT2D eigenvalue weighted by molar-refractivity contribution is -0.142. The van der Waals surface area contributed by atoms with E-state index < -0.39 is 43.2 Å². The number of ether oxygens (including phenoxy) is 2. The third kappa shape index (κ3) is 4.73. The highest BCUT2D eigenvalue weighted by molar-refractivity contribution is 9.10. The lowest BCUT2D eigenvalue weighted by Crippen LogP contribution is -2.38. The Bertz CT molecular complexity index is 1470. The fourth-order valence-corrected chi connectivity index (χ4v) is 6.74. The van der Waals surface area contributed by atoms with E-state index in [4.69, 9.17) is 30.0 Å². The Kier molecular flexibility index (Phi) is 6.84. The molecule has 2 aliphatic heterocycles. The molecular formula is C22H25BrFN6O7P. The Morgan fingerprint density at radius 2 is 2.18 bits per heavy atom. The lowest BCUT2D eigenvalue weighted by Gasteiger charge is -2.28. The molecule has 1 saturated heterocycles. The molecule has 0 bridgehead atoms. The van der Waals surface area contributed by atoms with Crippen LogP contribution in [-0.4, -0.2) is 60.1 Å². The van der Waals surface area contributed by atoms with Crippen molar-refractivity contribution in [2.75, 3.05) is 24.2 Å². The number of alkyl halides is 2. The predicted octanol–water partition coefficient (Wildman–Crippen LogP) is 2.53. The molecule has 16 heteroatoms. The number of fused-ring (bicyclic) bond motifs is 2. The van der Waals surface area contributed by atoms with Gasteiger partial charge < -0.3 is 35.1 Å². The zero-order chi connectivity index (χ0) is 27.4. The van der Waals surface area contributed by atoms with E-state index in [1.165, 1.54) is 17.7 Å². The van der Waals surface area contributed by atoms with Gasteiger partial charge in [0.1, 0.15) is 30.3 Å². The van der Waals surface area contributed by atoms with Gasteiger partial charge in [0, 0.05) is 30.4 Å². The van der Waals surface area contributed by atoms with Crippen molar-refractivity contribution < 1.29 is 37.4 Å². The number of nitrogens with two attached hydrogens (primary N) is 2. The molecule has 0 aliphatic carbocycles. The van der Waals surface area contributed by atoms with Crippen LogP contribution < -0.4 is 16.0 Å². The first-order chi connectivity index (χ1) is 17.9.